The molecule has 0 spiro atoms. The number of aromatic nitrogens is 1. The van der Waals surface area contributed by atoms with Gasteiger partial charge in [-0.2, -0.15) is 0 Å². The van der Waals surface area contributed by atoms with Gasteiger partial charge in [0.15, 0.2) is 5.13 Å². The number of carbonyl (C=O) groups is 1. The van der Waals surface area contributed by atoms with Gasteiger partial charge in [0.05, 0.1) is 10.2 Å². The normalized spacial score (nSPS) is 10.7. The molecule has 0 aliphatic carbocycles. The van der Waals surface area contributed by atoms with E-state index in [2.05, 4.69) is 10.3 Å². The van der Waals surface area contributed by atoms with Crippen LogP contribution in [0.1, 0.15) is 15.9 Å². The number of nitrogens with one attached hydrogen (secondary N) is 1. The molecule has 0 aliphatic rings. The van der Waals surface area contributed by atoms with Gasteiger partial charge in [0.1, 0.15) is 5.82 Å². The summed E-state index contributed by atoms with van der Waals surface area (Å²) in [5, 5.41) is 3.23. The van der Waals surface area contributed by atoms with Crippen LogP contribution < -0.4 is 5.32 Å². The van der Waals surface area contributed by atoms with Crippen molar-refractivity contribution >= 4 is 32.6 Å². The van der Waals surface area contributed by atoms with Crippen LogP contribution in [0.4, 0.5) is 9.52 Å². The highest BCUT2D eigenvalue weighted by atomic mass is 32.1. The lowest BCUT2D eigenvalue weighted by atomic mass is 10.1. The lowest BCUT2D eigenvalue weighted by Crippen LogP contribution is -2.12. The summed E-state index contributed by atoms with van der Waals surface area (Å²) in [6.45, 7) is 1.88. The van der Waals surface area contributed by atoms with E-state index in [1.807, 2.05) is 25.1 Å². The summed E-state index contributed by atoms with van der Waals surface area (Å²) in [6, 6.07) is 11.7. The predicted octanol–water partition coefficient (Wildman–Crippen LogP) is 4.00. The predicted molar refractivity (Wildman–Crippen MR) is 78.7 cm³/mol. The molecular formula is C15H11FN2OS. The Morgan fingerprint density at radius 2 is 2.05 bits per heavy atom. The molecular weight excluding hydrogens is 275 g/mol. The molecule has 20 heavy (non-hydrogen) atoms. The maximum absolute atomic E-state index is 13.1. The minimum Gasteiger partial charge on any atom is -0.298 e. The Hall–Kier alpha value is -2.27. The first kappa shape index (κ1) is 12.7. The van der Waals surface area contributed by atoms with Gasteiger partial charge in [-0.05, 0) is 36.8 Å². The van der Waals surface area contributed by atoms with E-state index in [1.54, 1.807) is 12.1 Å². The van der Waals surface area contributed by atoms with Gasteiger partial charge in [-0.3, -0.25) is 10.1 Å². The number of benzene rings is 2. The number of halogens is 1. The van der Waals surface area contributed by atoms with Crippen molar-refractivity contribution in [2.75, 3.05) is 5.32 Å². The summed E-state index contributed by atoms with van der Waals surface area (Å²) in [5.74, 6) is -0.513. The second-order valence-electron chi connectivity index (χ2n) is 4.40. The molecule has 2 aromatic carbocycles. The molecule has 0 bridgehead atoms. The first-order valence-corrected chi connectivity index (χ1v) is 6.88. The number of thiazole rings is 1. The Morgan fingerprint density at radius 3 is 2.85 bits per heavy atom. The van der Waals surface area contributed by atoms with E-state index < -0.39 is 0 Å². The van der Waals surface area contributed by atoms with E-state index in [1.165, 1.54) is 23.5 Å². The number of fused-ring (bicyclic) bond motifs is 1. The zero-order valence-electron chi connectivity index (χ0n) is 10.7. The molecule has 0 radical (unpaired) electrons. The van der Waals surface area contributed by atoms with Gasteiger partial charge in [-0.15, -0.1) is 0 Å². The van der Waals surface area contributed by atoms with Crippen molar-refractivity contribution in [1.82, 2.24) is 4.98 Å². The van der Waals surface area contributed by atoms with Crippen LogP contribution in [0.3, 0.4) is 0 Å². The van der Waals surface area contributed by atoms with Crippen molar-refractivity contribution in [3.8, 4) is 0 Å². The average molecular weight is 286 g/mol. The third-order valence-corrected chi connectivity index (χ3v) is 3.89. The van der Waals surface area contributed by atoms with E-state index >= 15 is 0 Å². The van der Waals surface area contributed by atoms with E-state index in [0.29, 0.717) is 20.9 Å². The molecule has 1 aromatic heterocycles. The number of amides is 1. The number of rotatable bonds is 2. The van der Waals surface area contributed by atoms with Crippen LogP contribution in [0.2, 0.25) is 0 Å². The first-order valence-electron chi connectivity index (χ1n) is 6.06. The molecule has 0 fully saturated rings. The second kappa shape index (κ2) is 5.02. The summed E-state index contributed by atoms with van der Waals surface area (Å²) in [4.78, 5) is 16.4. The zero-order chi connectivity index (χ0) is 14.1. The molecule has 0 aliphatic heterocycles. The van der Waals surface area contributed by atoms with Crippen molar-refractivity contribution in [3.05, 3.63) is 59.4 Å². The molecule has 0 saturated heterocycles. The van der Waals surface area contributed by atoms with Crippen LogP contribution >= 0.6 is 11.3 Å². The fourth-order valence-electron chi connectivity index (χ4n) is 1.94. The van der Waals surface area contributed by atoms with Gasteiger partial charge in [-0.1, -0.05) is 29.5 Å². The van der Waals surface area contributed by atoms with Gasteiger partial charge >= 0.3 is 0 Å². The van der Waals surface area contributed by atoms with Crippen LogP contribution in [-0.2, 0) is 0 Å². The fourth-order valence-corrected chi connectivity index (χ4v) is 2.83. The molecule has 0 saturated carbocycles. The summed E-state index contributed by atoms with van der Waals surface area (Å²) >= 11 is 1.26. The number of carbonyl (C=O) groups excluding carboxylic acids is 1. The zero-order valence-corrected chi connectivity index (χ0v) is 11.5. The Balaban J connectivity index is 1.89. The Bertz CT molecular complexity index is 797. The van der Waals surface area contributed by atoms with Crippen LogP contribution in [-0.4, -0.2) is 10.9 Å². The molecule has 3 rings (SSSR count). The highest BCUT2D eigenvalue weighted by molar-refractivity contribution is 7.22. The van der Waals surface area contributed by atoms with Crippen molar-refractivity contribution in [2.45, 2.75) is 6.92 Å². The largest absolute Gasteiger partial charge is 0.298 e. The van der Waals surface area contributed by atoms with E-state index in [0.717, 1.165) is 5.56 Å². The van der Waals surface area contributed by atoms with Gasteiger partial charge in [0.25, 0.3) is 5.91 Å². The van der Waals surface area contributed by atoms with Crippen molar-refractivity contribution < 1.29 is 9.18 Å². The molecule has 100 valence electrons. The number of nitrogens with zero attached hydrogens (tertiary/aromatic N) is 1. The Labute approximate surface area is 119 Å². The van der Waals surface area contributed by atoms with Crippen LogP contribution in [0.5, 0.6) is 0 Å². The first-order chi connectivity index (χ1) is 9.63. The summed E-state index contributed by atoms with van der Waals surface area (Å²) in [5.41, 5.74) is 2.19. The minimum atomic E-state index is -0.307. The third kappa shape index (κ3) is 2.40. The van der Waals surface area contributed by atoms with E-state index in [-0.39, 0.29) is 11.7 Å². The monoisotopic (exact) mass is 286 g/mol. The standard InChI is InChI=1S/C15H11FN2OS/c1-9-4-2-3-5-11(9)14(19)18-15-17-12-7-6-10(16)8-13(12)20-15/h2-8H,1H3,(H,17,18,19). The molecule has 3 aromatic rings. The topological polar surface area (TPSA) is 42.0 Å². The quantitative estimate of drug-likeness (QED) is 0.773. The molecule has 1 amide bonds. The van der Waals surface area contributed by atoms with Crippen molar-refractivity contribution in [1.29, 1.82) is 0 Å². The number of hydrogen-bond acceptors (Lipinski definition) is 3. The van der Waals surface area contributed by atoms with Gasteiger partial charge < -0.3 is 0 Å². The summed E-state index contributed by atoms with van der Waals surface area (Å²) in [7, 11) is 0. The highest BCUT2D eigenvalue weighted by Gasteiger charge is 2.11. The van der Waals surface area contributed by atoms with Crippen molar-refractivity contribution in [2.24, 2.45) is 0 Å². The van der Waals surface area contributed by atoms with Crippen molar-refractivity contribution in [3.63, 3.8) is 0 Å². The number of anilines is 1. The summed E-state index contributed by atoms with van der Waals surface area (Å²) < 4.78 is 13.8. The molecule has 3 nitrogen and oxygen atoms in total. The van der Waals surface area contributed by atoms with E-state index in [4.69, 9.17) is 0 Å². The van der Waals surface area contributed by atoms with E-state index in [9.17, 15) is 9.18 Å². The van der Waals surface area contributed by atoms with Gasteiger partial charge in [-0.25, -0.2) is 9.37 Å². The fraction of sp³-hybridized carbons (Fsp3) is 0.0667. The van der Waals surface area contributed by atoms with Crippen LogP contribution in [0, 0.1) is 12.7 Å². The minimum absolute atomic E-state index is 0.206. The molecule has 1 N–H and O–H groups in total. The number of aryl methyl sites for hydroxylation is 1. The maximum Gasteiger partial charge on any atom is 0.257 e. The smallest absolute Gasteiger partial charge is 0.257 e. The van der Waals surface area contributed by atoms with Crippen LogP contribution in [0.25, 0.3) is 10.2 Å². The van der Waals surface area contributed by atoms with Gasteiger partial charge in [0, 0.05) is 5.56 Å². The average Bonchev–Trinajstić information content (AvgIpc) is 2.80. The number of hydrogen-bond donors (Lipinski definition) is 1. The maximum atomic E-state index is 13.1. The lowest BCUT2D eigenvalue weighted by Gasteiger charge is -2.04. The van der Waals surface area contributed by atoms with Crippen LogP contribution in [0.15, 0.2) is 42.5 Å². The molecule has 0 atom stereocenters. The summed E-state index contributed by atoms with van der Waals surface area (Å²) in [6.07, 6.45) is 0. The van der Waals surface area contributed by atoms with Gasteiger partial charge in [0.2, 0.25) is 0 Å². The Kier molecular flexibility index (Phi) is 3.20. The third-order valence-electron chi connectivity index (χ3n) is 2.96. The molecule has 0 unspecified atom stereocenters. The SMILES string of the molecule is Cc1ccccc1C(=O)Nc1nc2ccc(F)cc2s1. The highest BCUT2D eigenvalue weighted by Crippen LogP contribution is 2.26. The lowest BCUT2D eigenvalue weighted by molar-refractivity contribution is 0.102. The Morgan fingerprint density at radius 1 is 1.25 bits per heavy atom. The second-order valence-corrected chi connectivity index (χ2v) is 5.43. The molecule has 1 heterocycles. The molecule has 5 heteroatoms.